The van der Waals surface area contributed by atoms with Gasteiger partial charge in [0, 0.05) is 9.13 Å². The van der Waals surface area contributed by atoms with E-state index in [4.69, 9.17) is 21.7 Å². The third-order valence-electron chi connectivity index (χ3n) is 3.73. The summed E-state index contributed by atoms with van der Waals surface area (Å²) in [6.45, 7) is 2.53. The normalized spacial score (nSPS) is 15.6. The maximum Gasteiger partial charge on any atom is 0.270 e. The number of halogens is 2. The Morgan fingerprint density at radius 2 is 1.93 bits per heavy atom. The summed E-state index contributed by atoms with van der Waals surface area (Å²) in [7, 11) is 1.63. The Bertz CT molecular complexity index is 929. The third kappa shape index (κ3) is 4.60. The average Bonchev–Trinajstić information content (AvgIpc) is 2.89. The SMILES string of the molecule is CCOc1ccc(N2C(=O)/C(=C\c3cc(I)cc(I)c3OC)SC2=S)cc1. The molecule has 0 spiro atoms. The van der Waals surface area contributed by atoms with Gasteiger partial charge in [0.1, 0.15) is 11.5 Å². The van der Waals surface area contributed by atoms with E-state index in [-0.39, 0.29) is 5.91 Å². The van der Waals surface area contributed by atoms with Gasteiger partial charge in [-0.05, 0) is 94.6 Å². The van der Waals surface area contributed by atoms with Gasteiger partial charge >= 0.3 is 0 Å². The van der Waals surface area contributed by atoms with Crippen LogP contribution in [0.4, 0.5) is 5.69 Å². The van der Waals surface area contributed by atoms with Gasteiger partial charge in [-0.3, -0.25) is 9.69 Å². The minimum atomic E-state index is -0.134. The number of thiocarbonyl (C=S) groups is 1. The first-order chi connectivity index (χ1) is 12.9. The number of rotatable bonds is 5. The topological polar surface area (TPSA) is 38.8 Å². The Morgan fingerprint density at radius 1 is 1.22 bits per heavy atom. The molecule has 2 aromatic rings. The second kappa shape index (κ2) is 9.10. The van der Waals surface area contributed by atoms with E-state index >= 15 is 0 Å². The van der Waals surface area contributed by atoms with Crippen LogP contribution in [0, 0.1) is 7.14 Å². The van der Waals surface area contributed by atoms with Gasteiger partial charge in [-0.25, -0.2) is 0 Å². The van der Waals surface area contributed by atoms with Crippen LogP contribution in [0.5, 0.6) is 11.5 Å². The maximum absolute atomic E-state index is 13.0. The summed E-state index contributed by atoms with van der Waals surface area (Å²) in [6.07, 6.45) is 1.84. The van der Waals surface area contributed by atoms with E-state index in [0.717, 1.165) is 29.9 Å². The number of methoxy groups -OCH3 is 1. The Labute approximate surface area is 195 Å². The quantitative estimate of drug-likeness (QED) is 0.243. The third-order valence-corrected chi connectivity index (χ3v) is 6.45. The smallest absolute Gasteiger partial charge is 0.270 e. The van der Waals surface area contributed by atoms with Crippen molar-refractivity contribution in [1.29, 1.82) is 0 Å². The summed E-state index contributed by atoms with van der Waals surface area (Å²) in [5.41, 5.74) is 1.59. The highest BCUT2D eigenvalue weighted by molar-refractivity contribution is 14.1. The molecule has 0 N–H and O–H groups in total. The van der Waals surface area contributed by atoms with Crippen molar-refractivity contribution in [3.05, 3.63) is 54.0 Å². The Hall–Kier alpha value is -0.850. The van der Waals surface area contributed by atoms with Crippen LogP contribution in [-0.4, -0.2) is 23.9 Å². The van der Waals surface area contributed by atoms with E-state index in [1.54, 1.807) is 12.0 Å². The molecule has 0 atom stereocenters. The number of hydrogen-bond acceptors (Lipinski definition) is 5. The molecule has 8 heteroatoms. The molecular formula is C19H15I2NO3S2. The van der Waals surface area contributed by atoms with Crippen molar-refractivity contribution in [2.75, 3.05) is 18.6 Å². The summed E-state index contributed by atoms with van der Waals surface area (Å²) >= 11 is 11.2. The molecule has 140 valence electrons. The lowest BCUT2D eigenvalue weighted by Gasteiger charge is -2.15. The molecule has 0 aromatic heterocycles. The highest BCUT2D eigenvalue weighted by Crippen LogP contribution is 2.38. The van der Waals surface area contributed by atoms with E-state index in [0.29, 0.717) is 15.8 Å². The molecule has 0 saturated carbocycles. The van der Waals surface area contributed by atoms with E-state index in [1.807, 2.05) is 49.4 Å². The number of benzene rings is 2. The van der Waals surface area contributed by atoms with Crippen LogP contribution >= 0.6 is 69.2 Å². The molecule has 1 amide bonds. The molecule has 1 heterocycles. The van der Waals surface area contributed by atoms with Gasteiger partial charge in [-0.15, -0.1) is 0 Å². The minimum absolute atomic E-state index is 0.134. The monoisotopic (exact) mass is 623 g/mol. The van der Waals surface area contributed by atoms with Gasteiger partial charge in [-0.2, -0.15) is 0 Å². The lowest BCUT2D eigenvalue weighted by Crippen LogP contribution is -2.27. The number of hydrogen-bond donors (Lipinski definition) is 0. The van der Waals surface area contributed by atoms with E-state index in [9.17, 15) is 4.79 Å². The minimum Gasteiger partial charge on any atom is -0.495 e. The summed E-state index contributed by atoms with van der Waals surface area (Å²) in [4.78, 5) is 15.1. The number of anilines is 1. The predicted octanol–water partition coefficient (Wildman–Crippen LogP) is 5.71. The summed E-state index contributed by atoms with van der Waals surface area (Å²) < 4.78 is 13.6. The van der Waals surface area contributed by atoms with Crippen LogP contribution in [-0.2, 0) is 4.79 Å². The van der Waals surface area contributed by atoms with Crippen LogP contribution in [0.2, 0.25) is 0 Å². The fourth-order valence-electron chi connectivity index (χ4n) is 2.59. The van der Waals surface area contributed by atoms with Crippen LogP contribution in [0.25, 0.3) is 6.08 Å². The molecule has 1 aliphatic rings. The molecule has 1 saturated heterocycles. The summed E-state index contributed by atoms with van der Waals surface area (Å²) in [6, 6.07) is 11.4. The molecule has 27 heavy (non-hydrogen) atoms. The number of carbonyl (C=O) groups excluding carboxylic acids is 1. The van der Waals surface area contributed by atoms with Crippen molar-refractivity contribution >= 4 is 91.2 Å². The first-order valence-electron chi connectivity index (χ1n) is 7.98. The van der Waals surface area contributed by atoms with Crippen molar-refractivity contribution < 1.29 is 14.3 Å². The van der Waals surface area contributed by atoms with Crippen LogP contribution in [0.3, 0.4) is 0 Å². The lowest BCUT2D eigenvalue weighted by atomic mass is 10.2. The van der Waals surface area contributed by atoms with Crippen LogP contribution in [0.15, 0.2) is 41.3 Å². The second-order valence-corrected chi connectivity index (χ2v) is 9.54. The zero-order valence-corrected chi connectivity index (χ0v) is 20.4. The molecule has 3 rings (SSSR count). The second-order valence-electron chi connectivity index (χ2n) is 5.45. The standard InChI is InChI=1S/C19H15I2NO3S2/c1-3-25-14-6-4-13(5-7-14)22-18(23)16(27-19(22)26)9-11-8-12(20)10-15(21)17(11)24-2/h4-10H,3H2,1-2H3/b16-9+. The number of thioether (sulfide) groups is 1. The zero-order valence-electron chi connectivity index (χ0n) is 14.5. The first kappa shape index (κ1) is 20.9. The average molecular weight is 623 g/mol. The van der Waals surface area contributed by atoms with Gasteiger partial charge in [0.15, 0.2) is 4.32 Å². The molecule has 0 radical (unpaired) electrons. The van der Waals surface area contributed by atoms with Gasteiger partial charge in [-0.1, -0.05) is 24.0 Å². The summed E-state index contributed by atoms with van der Waals surface area (Å²) in [5.74, 6) is 1.38. The molecular weight excluding hydrogens is 608 g/mol. The van der Waals surface area contributed by atoms with Gasteiger partial charge in [0.05, 0.1) is 27.9 Å². The highest BCUT2D eigenvalue weighted by Gasteiger charge is 2.33. The van der Waals surface area contributed by atoms with Crippen molar-refractivity contribution in [2.45, 2.75) is 6.92 Å². The largest absolute Gasteiger partial charge is 0.495 e. The molecule has 0 bridgehead atoms. The van der Waals surface area contributed by atoms with Crippen LogP contribution < -0.4 is 14.4 Å². The Balaban J connectivity index is 1.93. The molecule has 0 unspecified atom stereocenters. The number of ether oxygens (including phenoxy) is 2. The van der Waals surface area contributed by atoms with Crippen LogP contribution in [0.1, 0.15) is 12.5 Å². The number of nitrogens with zero attached hydrogens (tertiary/aromatic N) is 1. The zero-order chi connectivity index (χ0) is 19.6. The fraction of sp³-hybridized carbons (Fsp3) is 0.158. The van der Waals surface area contributed by atoms with E-state index < -0.39 is 0 Å². The molecule has 4 nitrogen and oxygen atoms in total. The Morgan fingerprint density at radius 3 is 2.56 bits per heavy atom. The molecule has 1 fully saturated rings. The number of amides is 1. The van der Waals surface area contributed by atoms with Gasteiger partial charge < -0.3 is 9.47 Å². The van der Waals surface area contributed by atoms with Gasteiger partial charge in [0.2, 0.25) is 0 Å². The summed E-state index contributed by atoms with van der Waals surface area (Å²) in [5, 5.41) is 0. The fourth-order valence-corrected chi connectivity index (χ4v) is 5.99. The molecule has 0 aliphatic carbocycles. The highest BCUT2D eigenvalue weighted by atomic mass is 127. The molecule has 1 aliphatic heterocycles. The number of carbonyl (C=O) groups is 1. The van der Waals surface area contributed by atoms with E-state index in [2.05, 4.69) is 45.2 Å². The lowest BCUT2D eigenvalue weighted by molar-refractivity contribution is -0.113. The van der Waals surface area contributed by atoms with Gasteiger partial charge in [0.25, 0.3) is 5.91 Å². The van der Waals surface area contributed by atoms with Crippen molar-refractivity contribution in [3.8, 4) is 11.5 Å². The van der Waals surface area contributed by atoms with Crippen molar-refractivity contribution in [2.24, 2.45) is 0 Å². The molecule has 2 aromatic carbocycles. The van der Waals surface area contributed by atoms with Crippen molar-refractivity contribution in [3.63, 3.8) is 0 Å². The van der Waals surface area contributed by atoms with E-state index in [1.165, 1.54) is 11.8 Å². The predicted molar refractivity (Wildman–Crippen MR) is 132 cm³/mol. The Kier molecular flexibility index (Phi) is 7.03. The first-order valence-corrected chi connectivity index (χ1v) is 11.4. The maximum atomic E-state index is 13.0. The van der Waals surface area contributed by atoms with Crippen molar-refractivity contribution in [1.82, 2.24) is 0 Å².